The van der Waals surface area contributed by atoms with Gasteiger partial charge in [0.05, 0.1) is 0 Å². The van der Waals surface area contributed by atoms with Crippen molar-refractivity contribution in [3.8, 4) is 0 Å². The monoisotopic (exact) mass is 260 g/mol. The zero-order chi connectivity index (χ0) is 14.3. The number of ether oxygens (including phenoxy) is 1. The number of methoxy groups -OCH3 is 1. The Hall–Kier alpha value is -1.30. The van der Waals surface area contributed by atoms with Gasteiger partial charge in [0.1, 0.15) is 6.54 Å². The van der Waals surface area contributed by atoms with Crippen LogP contribution in [0.5, 0.6) is 0 Å². The van der Waals surface area contributed by atoms with Gasteiger partial charge in [-0.15, -0.1) is 0 Å². The molecule has 0 heterocycles. The van der Waals surface area contributed by atoms with Crippen LogP contribution in [0.15, 0.2) is 0 Å². The van der Waals surface area contributed by atoms with E-state index < -0.39 is 11.5 Å². The van der Waals surface area contributed by atoms with Crippen molar-refractivity contribution in [2.24, 2.45) is 0 Å². The van der Waals surface area contributed by atoms with Crippen molar-refractivity contribution < 1.29 is 19.4 Å². The van der Waals surface area contributed by atoms with Gasteiger partial charge in [0.15, 0.2) is 0 Å². The number of nitrogens with zero attached hydrogens (tertiary/aromatic N) is 2. The second kappa shape index (κ2) is 7.20. The number of carbonyl (C=O) groups is 2. The third-order valence-electron chi connectivity index (χ3n) is 2.50. The summed E-state index contributed by atoms with van der Waals surface area (Å²) in [5, 5.41) is 8.86. The van der Waals surface area contributed by atoms with Gasteiger partial charge in [0.2, 0.25) is 0 Å². The molecule has 0 aliphatic carbocycles. The molecule has 0 rings (SSSR count). The molecule has 0 aliphatic rings. The van der Waals surface area contributed by atoms with Crippen LogP contribution in [0.4, 0.5) is 4.79 Å². The summed E-state index contributed by atoms with van der Waals surface area (Å²) in [6, 6.07) is -0.277. The highest BCUT2D eigenvalue weighted by atomic mass is 16.5. The third-order valence-corrected chi connectivity index (χ3v) is 2.50. The molecule has 0 bridgehead atoms. The molecule has 0 aromatic carbocycles. The van der Waals surface area contributed by atoms with Crippen LogP contribution in [0.2, 0.25) is 0 Å². The van der Waals surface area contributed by atoms with Crippen LogP contribution in [-0.4, -0.2) is 66.3 Å². The van der Waals surface area contributed by atoms with Crippen molar-refractivity contribution in [2.45, 2.75) is 32.7 Å². The number of carboxylic acids is 1. The Morgan fingerprint density at radius 2 is 1.83 bits per heavy atom. The fourth-order valence-corrected chi connectivity index (χ4v) is 1.47. The summed E-state index contributed by atoms with van der Waals surface area (Å²) >= 11 is 0. The summed E-state index contributed by atoms with van der Waals surface area (Å²) in [6.45, 7) is 6.27. The van der Waals surface area contributed by atoms with E-state index in [1.807, 2.05) is 20.8 Å². The maximum Gasteiger partial charge on any atom is 0.323 e. The molecule has 0 unspecified atom stereocenters. The first kappa shape index (κ1) is 16.7. The van der Waals surface area contributed by atoms with Gasteiger partial charge in [0.25, 0.3) is 0 Å². The standard InChI is InChI=1S/C12H24N2O4/c1-12(2,3)14(9-10(15)16)11(17)13(4)7-6-8-18-5/h6-9H2,1-5H3,(H,15,16). The topological polar surface area (TPSA) is 70.1 Å². The Labute approximate surface area is 109 Å². The van der Waals surface area contributed by atoms with Crippen molar-refractivity contribution in [2.75, 3.05) is 33.9 Å². The molecular weight excluding hydrogens is 236 g/mol. The van der Waals surface area contributed by atoms with Gasteiger partial charge in [-0.25, -0.2) is 4.79 Å². The molecule has 6 heteroatoms. The van der Waals surface area contributed by atoms with Gasteiger partial charge < -0.3 is 19.6 Å². The van der Waals surface area contributed by atoms with Crippen LogP contribution < -0.4 is 0 Å². The van der Waals surface area contributed by atoms with Crippen LogP contribution in [0.3, 0.4) is 0 Å². The molecule has 0 aliphatic heterocycles. The molecule has 2 amide bonds. The van der Waals surface area contributed by atoms with E-state index in [2.05, 4.69) is 0 Å². The van der Waals surface area contributed by atoms with E-state index >= 15 is 0 Å². The SMILES string of the molecule is COCCCN(C)C(=O)N(CC(=O)O)C(C)(C)C. The minimum absolute atomic E-state index is 0.277. The number of aliphatic carboxylic acids is 1. The van der Waals surface area contributed by atoms with Gasteiger partial charge in [-0.3, -0.25) is 4.79 Å². The number of carboxylic acid groups (broad SMARTS) is 1. The van der Waals surface area contributed by atoms with Crippen LogP contribution in [0, 0.1) is 0 Å². The molecule has 6 nitrogen and oxygen atoms in total. The smallest absolute Gasteiger partial charge is 0.323 e. The zero-order valence-electron chi connectivity index (χ0n) is 11.9. The summed E-state index contributed by atoms with van der Waals surface area (Å²) in [5.41, 5.74) is -0.523. The minimum atomic E-state index is -1.01. The maximum absolute atomic E-state index is 12.2. The molecule has 0 fully saturated rings. The van der Waals surface area contributed by atoms with Crippen molar-refractivity contribution in [3.63, 3.8) is 0 Å². The minimum Gasteiger partial charge on any atom is -0.480 e. The van der Waals surface area contributed by atoms with E-state index in [0.29, 0.717) is 13.2 Å². The summed E-state index contributed by atoms with van der Waals surface area (Å²) in [7, 11) is 3.27. The Bertz CT molecular complexity index is 286. The van der Waals surface area contributed by atoms with Gasteiger partial charge in [-0.2, -0.15) is 0 Å². The molecule has 0 spiro atoms. The van der Waals surface area contributed by atoms with Gasteiger partial charge in [-0.05, 0) is 27.2 Å². The molecule has 0 atom stereocenters. The largest absolute Gasteiger partial charge is 0.480 e. The summed E-state index contributed by atoms with van der Waals surface area (Å²) in [5.74, 6) is -1.01. The lowest BCUT2D eigenvalue weighted by Crippen LogP contribution is -2.53. The number of urea groups is 1. The summed E-state index contributed by atoms with van der Waals surface area (Å²) in [6.07, 6.45) is 0.726. The van der Waals surface area contributed by atoms with E-state index in [1.165, 1.54) is 9.80 Å². The van der Waals surface area contributed by atoms with Gasteiger partial charge >= 0.3 is 12.0 Å². The highest BCUT2D eigenvalue weighted by Crippen LogP contribution is 2.15. The van der Waals surface area contributed by atoms with Gasteiger partial charge in [-0.1, -0.05) is 0 Å². The average molecular weight is 260 g/mol. The first-order valence-corrected chi connectivity index (χ1v) is 5.93. The predicted molar refractivity (Wildman–Crippen MR) is 68.6 cm³/mol. The Morgan fingerprint density at radius 1 is 1.28 bits per heavy atom. The lowest BCUT2D eigenvalue weighted by atomic mass is 10.1. The lowest BCUT2D eigenvalue weighted by molar-refractivity contribution is -0.138. The lowest BCUT2D eigenvalue weighted by Gasteiger charge is -2.37. The second-order valence-electron chi connectivity index (χ2n) is 5.20. The number of carbonyl (C=O) groups excluding carboxylic acids is 1. The summed E-state index contributed by atoms with van der Waals surface area (Å²) in [4.78, 5) is 25.8. The van der Waals surface area contributed by atoms with Crippen molar-refractivity contribution in [1.29, 1.82) is 0 Å². The first-order valence-electron chi connectivity index (χ1n) is 5.93. The normalized spacial score (nSPS) is 11.2. The van der Waals surface area contributed by atoms with Gasteiger partial charge in [0, 0.05) is 32.8 Å². The number of amides is 2. The molecular formula is C12H24N2O4. The van der Waals surface area contributed by atoms with E-state index in [1.54, 1.807) is 14.2 Å². The van der Waals surface area contributed by atoms with E-state index in [0.717, 1.165) is 6.42 Å². The second-order valence-corrected chi connectivity index (χ2v) is 5.20. The molecule has 0 radical (unpaired) electrons. The van der Waals surface area contributed by atoms with Crippen molar-refractivity contribution >= 4 is 12.0 Å². The molecule has 0 saturated carbocycles. The number of hydrogen-bond acceptors (Lipinski definition) is 3. The Balaban J connectivity index is 4.59. The predicted octanol–water partition coefficient (Wildman–Crippen LogP) is 1.26. The van der Waals surface area contributed by atoms with Crippen molar-refractivity contribution in [3.05, 3.63) is 0 Å². The molecule has 106 valence electrons. The molecule has 18 heavy (non-hydrogen) atoms. The highest BCUT2D eigenvalue weighted by molar-refractivity contribution is 5.80. The van der Waals surface area contributed by atoms with Crippen LogP contribution in [0.25, 0.3) is 0 Å². The highest BCUT2D eigenvalue weighted by Gasteiger charge is 2.30. The number of rotatable bonds is 6. The van der Waals surface area contributed by atoms with Crippen LogP contribution in [0.1, 0.15) is 27.2 Å². The quantitative estimate of drug-likeness (QED) is 0.730. The van der Waals surface area contributed by atoms with Crippen molar-refractivity contribution in [1.82, 2.24) is 9.80 Å². The average Bonchev–Trinajstić information content (AvgIpc) is 2.23. The molecule has 0 saturated heterocycles. The van der Waals surface area contributed by atoms with Crippen LogP contribution in [-0.2, 0) is 9.53 Å². The Morgan fingerprint density at radius 3 is 2.22 bits per heavy atom. The molecule has 0 aromatic heterocycles. The van der Waals surface area contributed by atoms with E-state index in [9.17, 15) is 9.59 Å². The van der Waals surface area contributed by atoms with E-state index in [-0.39, 0.29) is 12.6 Å². The summed E-state index contributed by atoms with van der Waals surface area (Å²) < 4.78 is 4.92. The first-order chi connectivity index (χ1) is 8.20. The van der Waals surface area contributed by atoms with E-state index in [4.69, 9.17) is 9.84 Å². The fourth-order valence-electron chi connectivity index (χ4n) is 1.47. The number of hydrogen-bond donors (Lipinski definition) is 1. The maximum atomic E-state index is 12.2. The zero-order valence-corrected chi connectivity index (χ0v) is 11.9. The third kappa shape index (κ3) is 5.86. The Kier molecular flexibility index (Phi) is 6.68. The molecule has 0 aromatic rings. The van der Waals surface area contributed by atoms with Crippen LogP contribution >= 0.6 is 0 Å². The fraction of sp³-hybridized carbons (Fsp3) is 0.833. The molecule has 1 N–H and O–H groups in total.